The number of carbonyl (C=O) groups is 5. The lowest BCUT2D eigenvalue weighted by atomic mass is 9.39. The predicted octanol–water partition coefficient (Wildman–Crippen LogP) is 6.56. The van der Waals surface area contributed by atoms with Crippen LogP contribution in [0.5, 0.6) is 0 Å². The summed E-state index contributed by atoms with van der Waals surface area (Å²) in [6, 6.07) is 0. The fourth-order valence-electron chi connectivity index (χ4n) is 9.60. The smallest absolute Gasteiger partial charge is 0.306 e. The summed E-state index contributed by atoms with van der Waals surface area (Å²) in [5.74, 6) is -0.475. The van der Waals surface area contributed by atoms with Gasteiger partial charge in [0.05, 0.1) is 6.10 Å². The molecule has 0 aliphatic heterocycles. The average molecular weight is 597 g/mol. The molecular formula is C36H52O7. The van der Waals surface area contributed by atoms with E-state index in [1.165, 1.54) is 0 Å². The molecule has 0 radical (unpaired) electrons. The molecule has 238 valence electrons. The lowest BCUT2D eigenvalue weighted by Gasteiger charge is -2.66. The van der Waals surface area contributed by atoms with Gasteiger partial charge >= 0.3 is 5.97 Å². The average Bonchev–Trinajstić information content (AvgIpc) is 3.16. The molecule has 0 aromatic heterocycles. The van der Waals surface area contributed by atoms with E-state index >= 15 is 0 Å². The minimum atomic E-state index is -1.39. The number of hydrogen-bond acceptors (Lipinski definition) is 7. The van der Waals surface area contributed by atoms with Gasteiger partial charge in [0.25, 0.3) is 0 Å². The van der Waals surface area contributed by atoms with Crippen LogP contribution in [0.25, 0.3) is 0 Å². The molecule has 3 fully saturated rings. The van der Waals surface area contributed by atoms with Gasteiger partial charge in [0, 0.05) is 54.3 Å². The molecule has 0 N–H and O–H groups in total. The van der Waals surface area contributed by atoms with E-state index in [0.29, 0.717) is 25.7 Å². The lowest BCUT2D eigenvalue weighted by Crippen LogP contribution is -2.67. The first-order chi connectivity index (χ1) is 20.1. The maximum Gasteiger partial charge on any atom is 0.306 e. The van der Waals surface area contributed by atoms with E-state index in [9.17, 15) is 24.0 Å². The number of carbonyl (C=O) groups excluding carboxylic acids is 5. The summed E-state index contributed by atoms with van der Waals surface area (Å²) in [5.41, 5.74) is -2.00. The first kappa shape index (κ1) is 33.5. The quantitative estimate of drug-likeness (QED) is 0.235. The van der Waals surface area contributed by atoms with Gasteiger partial charge < -0.3 is 9.47 Å². The Labute approximate surface area is 257 Å². The summed E-state index contributed by atoms with van der Waals surface area (Å²) in [5, 5.41) is 0. The molecule has 0 heterocycles. The number of rotatable bonds is 12. The van der Waals surface area contributed by atoms with Crippen molar-refractivity contribution < 1.29 is 33.4 Å². The SMILES string of the molecule is CCC(=O)CCC(=O)[C@@]1(OC(=O)CC)[C@@H](C)C[C@H]2[C@@H]3CCC4=CC(=O)C=C[C@]4(C)[C@@]3(C)[C@@H](OCC(=O)CC(C)C)C[C@@]21C. The molecule has 43 heavy (non-hydrogen) atoms. The standard InChI is InChI=1S/C36H52O7/c1-9-25(37)12-14-30(40)36(43-32(41)10-2)23(5)18-29-28-13-11-24-19-26(38)15-16-33(24,6)35(28,8)31(20-34(29,36)7)42-21-27(39)17-22(3)4/h15-16,19,22-23,28-29,31H,9-14,17-18,20-21H2,1-8H3/t23-,28-,29-,31-,33-,34-,35+,36-/m0/s1. The molecule has 0 spiro atoms. The van der Waals surface area contributed by atoms with Crippen LogP contribution < -0.4 is 0 Å². The topological polar surface area (TPSA) is 104 Å². The molecule has 4 rings (SSSR count). The van der Waals surface area contributed by atoms with E-state index < -0.39 is 33.9 Å². The molecule has 0 bridgehead atoms. The first-order valence-corrected chi connectivity index (χ1v) is 16.4. The minimum Gasteiger partial charge on any atom is -0.450 e. The van der Waals surface area contributed by atoms with E-state index in [1.54, 1.807) is 26.0 Å². The molecule has 7 heteroatoms. The monoisotopic (exact) mass is 596 g/mol. The summed E-state index contributed by atoms with van der Waals surface area (Å²) >= 11 is 0. The van der Waals surface area contributed by atoms with E-state index in [1.807, 2.05) is 26.8 Å². The zero-order valence-corrected chi connectivity index (χ0v) is 27.5. The number of allylic oxidation sites excluding steroid dienone is 4. The Kier molecular flexibility index (Phi) is 9.48. The van der Waals surface area contributed by atoms with Crippen LogP contribution in [0, 0.1) is 39.9 Å². The Morgan fingerprint density at radius 2 is 1.70 bits per heavy atom. The summed E-state index contributed by atoms with van der Waals surface area (Å²) in [6.07, 6.45) is 8.82. The molecule has 7 nitrogen and oxygen atoms in total. The zero-order chi connectivity index (χ0) is 32.0. The van der Waals surface area contributed by atoms with E-state index in [2.05, 4.69) is 20.8 Å². The van der Waals surface area contributed by atoms with Crippen molar-refractivity contribution in [3.8, 4) is 0 Å². The van der Waals surface area contributed by atoms with E-state index in [0.717, 1.165) is 18.4 Å². The Morgan fingerprint density at radius 1 is 1.00 bits per heavy atom. The Balaban J connectivity index is 1.85. The largest absolute Gasteiger partial charge is 0.450 e. The number of fused-ring (bicyclic) bond motifs is 5. The van der Waals surface area contributed by atoms with Crippen molar-refractivity contribution in [2.75, 3.05) is 6.61 Å². The third-order valence-electron chi connectivity index (χ3n) is 12.0. The third-order valence-corrected chi connectivity index (χ3v) is 12.0. The van der Waals surface area contributed by atoms with Crippen molar-refractivity contribution in [3.63, 3.8) is 0 Å². The van der Waals surface area contributed by atoms with Gasteiger partial charge in [0.15, 0.2) is 23.0 Å². The molecule has 0 unspecified atom stereocenters. The van der Waals surface area contributed by atoms with Gasteiger partial charge in [0.2, 0.25) is 0 Å². The van der Waals surface area contributed by atoms with Crippen molar-refractivity contribution in [2.45, 2.75) is 125 Å². The predicted molar refractivity (Wildman–Crippen MR) is 164 cm³/mol. The van der Waals surface area contributed by atoms with Crippen LogP contribution in [0.3, 0.4) is 0 Å². The second-order valence-corrected chi connectivity index (χ2v) is 14.7. The number of Topliss-reactive ketones (excluding diaryl/α,β-unsaturated/α-hetero) is 3. The van der Waals surface area contributed by atoms with Gasteiger partial charge in [0.1, 0.15) is 12.4 Å². The van der Waals surface area contributed by atoms with Gasteiger partial charge in [-0.15, -0.1) is 0 Å². The van der Waals surface area contributed by atoms with Gasteiger partial charge in [-0.25, -0.2) is 0 Å². The van der Waals surface area contributed by atoms with Crippen LogP contribution in [0.1, 0.15) is 113 Å². The number of ketones is 4. The van der Waals surface area contributed by atoms with Crippen molar-refractivity contribution in [1.29, 1.82) is 0 Å². The summed E-state index contributed by atoms with van der Waals surface area (Å²) in [7, 11) is 0. The van der Waals surface area contributed by atoms with E-state index in [4.69, 9.17) is 9.47 Å². The Hall–Kier alpha value is -2.41. The summed E-state index contributed by atoms with van der Waals surface area (Å²) in [4.78, 5) is 65.2. The highest BCUT2D eigenvalue weighted by molar-refractivity contribution is 6.01. The minimum absolute atomic E-state index is 0.00745. The van der Waals surface area contributed by atoms with Gasteiger partial charge in [-0.2, -0.15) is 0 Å². The van der Waals surface area contributed by atoms with Crippen LogP contribution >= 0.6 is 0 Å². The number of esters is 1. The number of hydrogen-bond donors (Lipinski definition) is 0. The summed E-state index contributed by atoms with van der Waals surface area (Å²) in [6.45, 7) is 16.0. The Bertz CT molecular complexity index is 1230. The van der Waals surface area contributed by atoms with Gasteiger partial charge in [-0.05, 0) is 55.6 Å². The van der Waals surface area contributed by atoms with Crippen molar-refractivity contribution >= 4 is 29.1 Å². The second-order valence-electron chi connectivity index (χ2n) is 14.7. The normalized spacial score (nSPS) is 38.2. The van der Waals surface area contributed by atoms with Gasteiger partial charge in [-0.1, -0.05) is 67.0 Å². The van der Waals surface area contributed by atoms with Crippen LogP contribution in [0.2, 0.25) is 0 Å². The highest BCUT2D eigenvalue weighted by Gasteiger charge is 2.75. The molecule has 8 atom stereocenters. The zero-order valence-electron chi connectivity index (χ0n) is 27.5. The molecule has 4 aliphatic carbocycles. The second kappa shape index (κ2) is 12.2. The maximum absolute atomic E-state index is 14.4. The molecule has 0 saturated heterocycles. The fraction of sp³-hybridized carbons (Fsp3) is 0.750. The van der Waals surface area contributed by atoms with Crippen LogP contribution in [0.15, 0.2) is 23.8 Å². The fourth-order valence-corrected chi connectivity index (χ4v) is 9.60. The van der Waals surface area contributed by atoms with E-state index in [-0.39, 0.29) is 72.7 Å². The van der Waals surface area contributed by atoms with Crippen LogP contribution in [0.4, 0.5) is 0 Å². The van der Waals surface area contributed by atoms with Crippen molar-refractivity contribution in [1.82, 2.24) is 0 Å². The Morgan fingerprint density at radius 3 is 2.33 bits per heavy atom. The highest BCUT2D eigenvalue weighted by atomic mass is 16.6. The number of ether oxygens (including phenoxy) is 2. The van der Waals surface area contributed by atoms with Crippen molar-refractivity contribution in [2.24, 2.45) is 39.9 Å². The van der Waals surface area contributed by atoms with Crippen LogP contribution in [-0.2, 0) is 33.4 Å². The molecular weight excluding hydrogens is 544 g/mol. The maximum atomic E-state index is 14.4. The summed E-state index contributed by atoms with van der Waals surface area (Å²) < 4.78 is 13.0. The first-order valence-electron chi connectivity index (χ1n) is 16.4. The molecule has 0 aromatic rings. The van der Waals surface area contributed by atoms with Crippen molar-refractivity contribution in [3.05, 3.63) is 23.8 Å². The molecule has 0 amide bonds. The molecule has 3 saturated carbocycles. The van der Waals surface area contributed by atoms with Gasteiger partial charge in [-0.3, -0.25) is 24.0 Å². The third kappa shape index (κ3) is 5.32. The lowest BCUT2D eigenvalue weighted by molar-refractivity contribution is -0.228. The molecule has 4 aliphatic rings. The highest BCUT2D eigenvalue weighted by Crippen LogP contribution is 2.74. The van der Waals surface area contributed by atoms with Crippen LogP contribution in [-0.4, -0.2) is 47.4 Å². The molecule has 0 aromatic carbocycles.